The number of carbonyl (C=O) groups is 4. The van der Waals surface area contributed by atoms with E-state index >= 15 is 0 Å². The molecule has 0 spiro atoms. The monoisotopic (exact) mass is 524 g/mol. The first-order chi connectivity index (χ1) is 16.7. The molecule has 2 aliphatic rings. The SMILES string of the molecule is O=C(O)CC(Sc1nn[nH]n1)C1=C(C(=O)O)N2C(=O)C(NC(=O)C(O)c3ccc(F)cc3)[C@@H]2SC1. The van der Waals surface area contributed by atoms with E-state index in [4.69, 9.17) is 0 Å². The van der Waals surface area contributed by atoms with Gasteiger partial charge in [0.05, 0.1) is 6.42 Å². The van der Waals surface area contributed by atoms with E-state index in [1.807, 2.05) is 0 Å². The molecule has 4 rings (SSSR count). The molecular formula is C19H17FN6O7S2. The predicted molar refractivity (Wildman–Crippen MR) is 117 cm³/mol. The maximum Gasteiger partial charge on any atom is 0.352 e. The highest BCUT2D eigenvalue weighted by molar-refractivity contribution is 8.01. The molecule has 4 atom stereocenters. The number of aliphatic hydroxyl groups excluding tert-OH is 1. The highest BCUT2D eigenvalue weighted by Crippen LogP contribution is 2.44. The Labute approximate surface area is 204 Å². The number of hydrogen-bond donors (Lipinski definition) is 5. The third kappa shape index (κ3) is 4.98. The van der Waals surface area contributed by atoms with Crippen LogP contribution in [0.25, 0.3) is 0 Å². The van der Waals surface area contributed by atoms with Gasteiger partial charge in [0.25, 0.3) is 11.8 Å². The van der Waals surface area contributed by atoms with Crippen molar-refractivity contribution in [2.24, 2.45) is 0 Å². The second-order valence-corrected chi connectivity index (χ2v) is 9.70. The molecule has 0 saturated carbocycles. The average Bonchev–Trinajstić information content (AvgIpc) is 3.33. The summed E-state index contributed by atoms with van der Waals surface area (Å²) >= 11 is 2.04. The summed E-state index contributed by atoms with van der Waals surface area (Å²) in [7, 11) is 0. The second-order valence-electron chi connectivity index (χ2n) is 7.43. The Bertz CT molecular complexity index is 1190. The standard InChI is InChI=1S/C19H17FN6O7S2/c20-8-3-1-7(2-4-8)14(29)15(30)21-12-16(31)26-13(18(32)33)9(6-34-17(12)26)10(5-11(27)28)35-19-22-24-25-23-19/h1-4,10,12,14,17,29H,5-6H2,(H,21,30)(H,27,28)(H,32,33)(H,22,23,24,25)/t10?,12?,14?,17-/m0/s1. The highest BCUT2D eigenvalue weighted by Gasteiger charge is 2.55. The second kappa shape index (κ2) is 10.0. The van der Waals surface area contributed by atoms with Crippen LogP contribution in [-0.4, -0.2) is 87.0 Å². The van der Waals surface area contributed by atoms with Gasteiger partial charge in [0.15, 0.2) is 6.10 Å². The minimum Gasteiger partial charge on any atom is -0.481 e. The number of aromatic amines is 1. The van der Waals surface area contributed by atoms with E-state index < -0.39 is 58.8 Å². The van der Waals surface area contributed by atoms with Gasteiger partial charge in [-0.2, -0.15) is 5.21 Å². The fraction of sp³-hybridized carbons (Fsp3) is 0.316. The first kappa shape index (κ1) is 24.6. The van der Waals surface area contributed by atoms with Crippen molar-refractivity contribution in [3.8, 4) is 0 Å². The Balaban J connectivity index is 1.54. The van der Waals surface area contributed by atoms with Crippen molar-refractivity contribution in [1.29, 1.82) is 0 Å². The quantitative estimate of drug-likeness (QED) is 0.213. The van der Waals surface area contributed by atoms with Crippen molar-refractivity contribution in [2.45, 2.75) is 34.3 Å². The van der Waals surface area contributed by atoms with Crippen molar-refractivity contribution in [2.75, 3.05) is 5.75 Å². The molecule has 5 N–H and O–H groups in total. The molecule has 35 heavy (non-hydrogen) atoms. The maximum atomic E-state index is 13.1. The molecule has 2 amide bonds. The number of rotatable bonds is 9. The van der Waals surface area contributed by atoms with Crippen LogP contribution in [0.5, 0.6) is 0 Å². The van der Waals surface area contributed by atoms with Gasteiger partial charge in [-0.25, -0.2) is 9.18 Å². The number of hydrogen-bond acceptors (Lipinski definition) is 10. The summed E-state index contributed by atoms with van der Waals surface area (Å²) in [6, 6.07) is 3.49. The third-order valence-electron chi connectivity index (χ3n) is 5.25. The molecule has 2 aromatic rings. The van der Waals surface area contributed by atoms with Crippen LogP contribution in [0.4, 0.5) is 4.39 Å². The number of carboxylic acids is 2. The summed E-state index contributed by atoms with van der Waals surface area (Å²) in [5.74, 6) is -4.74. The molecule has 16 heteroatoms. The number of β-lactam (4-membered cyclic amide) rings is 1. The summed E-state index contributed by atoms with van der Waals surface area (Å²) in [5.41, 5.74) is -0.0572. The lowest BCUT2D eigenvalue weighted by atomic mass is 9.99. The number of benzene rings is 1. The van der Waals surface area contributed by atoms with Gasteiger partial charge in [-0.15, -0.1) is 22.0 Å². The molecule has 0 bridgehead atoms. The van der Waals surface area contributed by atoms with Gasteiger partial charge >= 0.3 is 11.9 Å². The van der Waals surface area contributed by atoms with Crippen LogP contribution in [0.15, 0.2) is 40.7 Å². The molecule has 0 aliphatic carbocycles. The third-order valence-corrected chi connectivity index (χ3v) is 7.68. The molecule has 1 aromatic heterocycles. The number of H-pyrrole nitrogens is 1. The first-order valence-electron chi connectivity index (χ1n) is 9.94. The van der Waals surface area contributed by atoms with Crippen LogP contribution in [-0.2, 0) is 19.2 Å². The van der Waals surface area contributed by atoms with Crippen molar-refractivity contribution in [1.82, 2.24) is 30.8 Å². The molecule has 1 saturated heterocycles. The van der Waals surface area contributed by atoms with E-state index in [-0.39, 0.29) is 27.7 Å². The van der Waals surface area contributed by atoms with E-state index in [9.17, 15) is 38.9 Å². The van der Waals surface area contributed by atoms with Gasteiger partial charge in [-0.1, -0.05) is 23.9 Å². The smallest absolute Gasteiger partial charge is 0.352 e. The van der Waals surface area contributed by atoms with Gasteiger partial charge in [-0.05, 0) is 28.5 Å². The number of tetrazole rings is 1. The van der Waals surface area contributed by atoms with Crippen LogP contribution >= 0.6 is 23.5 Å². The number of carbonyl (C=O) groups excluding carboxylic acids is 2. The lowest BCUT2D eigenvalue weighted by molar-refractivity contribution is -0.151. The molecule has 2 aliphatic heterocycles. The van der Waals surface area contributed by atoms with Crippen molar-refractivity contribution in [3.63, 3.8) is 0 Å². The van der Waals surface area contributed by atoms with Gasteiger partial charge in [0.2, 0.25) is 5.16 Å². The maximum absolute atomic E-state index is 13.1. The number of aliphatic hydroxyl groups is 1. The summed E-state index contributed by atoms with van der Waals surface area (Å²) in [6.07, 6.45) is -2.12. The predicted octanol–water partition coefficient (Wildman–Crippen LogP) is -0.254. The number of nitrogens with one attached hydrogen (secondary N) is 2. The topological polar surface area (TPSA) is 199 Å². The number of nitrogens with zero attached hydrogens (tertiary/aromatic N) is 4. The zero-order valence-electron chi connectivity index (χ0n) is 17.5. The Hall–Kier alpha value is -3.50. The zero-order valence-corrected chi connectivity index (χ0v) is 19.1. The summed E-state index contributed by atoms with van der Waals surface area (Å²) < 4.78 is 13.1. The normalized spacial score (nSPS) is 21.1. The molecule has 1 aromatic carbocycles. The van der Waals surface area contributed by atoms with Gasteiger partial charge in [0, 0.05) is 11.0 Å². The van der Waals surface area contributed by atoms with Crippen LogP contribution in [0, 0.1) is 5.82 Å². The molecular weight excluding hydrogens is 507 g/mol. The first-order valence-corrected chi connectivity index (χ1v) is 11.9. The minimum absolute atomic E-state index is 0.0613. The van der Waals surface area contributed by atoms with Gasteiger partial charge < -0.3 is 20.6 Å². The summed E-state index contributed by atoms with van der Waals surface area (Å²) in [4.78, 5) is 49.9. The molecule has 13 nitrogen and oxygen atoms in total. The number of aromatic nitrogens is 4. The van der Waals surface area contributed by atoms with E-state index in [0.29, 0.717) is 0 Å². The Morgan fingerprint density at radius 2 is 2.00 bits per heavy atom. The molecule has 184 valence electrons. The summed E-state index contributed by atoms with van der Waals surface area (Å²) in [6.45, 7) is 0. The summed E-state index contributed by atoms with van der Waals surface area (Å²) in [5, 5.41) is 43.4. The van der Waals surface area contributed by atoms with E-state index in [0.717, 1.165) is 40.6 Å². The van der Waals surface area contributed by atoms with Crippen molar-refractivity contribution in [3.05, 3.63) is 46.9 Å². The average molecular weight is 525 g/mol. The fourth-order valence-corrected chi connectivity index (χ4v) is 6.17. The number of thioether (sulfide) groups is 2. The fourth-order valence-electron chi connectivity index (χ4n) is 3.64. The van der Waals surface area contributed by atoms with Crippen LogP contribution < -0.4 is 5.32 Å². The van der Waals surface area contributed by atoms with Crippen molar-refractivity contribution < 1.29 is 38.9 Å². The highest BCUT2D eigenvalue weighted by atomic mass is 32.2. The Morgan fingerprint density at radius 3 is 2.60 bits per heavy atom. The van der Waals surface area contributed by atoms with Gasteiger partial charge in [-0.3, -0.25) is 19.3 Å². The van der Waals surface area contributed by atoms with Gasteiger partial charge in [0.1, 0.15) is 22.9 Å². The van der Waals surface area contributed by atoms with Crippen molar-refractivity contribution >= 4 is 47.3 Å². The van der Waals surface area contributed by atoms with Crippen LogP contribution in [0.1, 0.15) is 18.1 Å². The Morgan fingerprint density at radius 1 is 1.29 bits per heavy atom. The minimum atomic E-state index is -1.66. The van der Waals surface area contributed by atoms with E-state index in [1.165, 1.54) is 12.1 Å². The number of fused-ring (bicyclic) bond motifs is 1. The number of amides is 2. The Kier molecular flexibility index (Phi) is 7.04. The molecule has 3 unspecified atom stereocenters. The van der Waals surface area contributed by atoms with E-state index in [1.54, 1.807) is 0 Å². The van der Waals surface area contributed by atoms with Crippen LogP contribution in [0.2, 0.25) is 0 Å². The molecule has 3 heterocycles. The van der Waals surface area contributed by atoms with Crippen LogP contribution in [0.3, 0.4) is 0 Å². The number of aliphatic carboxylic acids is 2. The lowest BCUT2D eigenvalue weighted by Crippen LogP contribution is -2.71. The number of carboxylic acid groups (broad SMARTS) is 2. The molecule has 1 fully saturated rings. The largest absolute Gasteiger partial charge is 0.481 e. The van der Waals surface area contributed by atoms with E-state index in [2.05, 4.69) is 25.9 Å². The zero-order chi connectivity index (χ0) is 25.3. The molecule has 0 radical (unpaired) electrons. The number of halogens is 1. The lowest BCUT2D eigenvalue weighted by Gasteiger charge is -2.50.